The van der Waals surface area contributed by atoms with Gasteiger partial charge in [-0.25, -0.2) is 0 Å². The molecule has 0 fully saturated rings. The van der Waals surface area contributed by atoms with Crippen LogP contribution in [0.25, 0.3) is 94.3 Å². The Morgan fingerprint density at radius 3 is 0.904 bits per heavy atom. The predicted molar refractivity (Wildman–Crippen MR) is 450 cm³/mol. The van der Waals surface area contributed by atoms with Crippen molar-refractivity contribution in [3.63, 3.8) is 0 Å². The molecule has 1 aromatic heterocycles. The van der Waals surface area contributed by atoms with Crippen molar-refractivity contribution in [1.29, 1.82) is 0 Å². The van der Waals surface area contributed by atoms with Gasteiger partial charge in [-0.05, 0) is 176 Å². The van der Waals surface area contributed by atoms with Gasteiger partial charge in [-0.2, -0.15) is 0 Å². The molecule has 13 aromatic carbocycles. The third kappa shape index (κ3) is 11.8. The van der Waals surface area contributed by atoms with E-state index < -0.39 is 0 Å². The number of rotatable bonds is 11. The van der Waals surface area contributed by atoms with Gasteiger partial charge in [0.1, 0.15) is 0 Å². The highest BCUT2D eigenvalue weighted by Crippen LogP contribution is 2.55. The minimum Gasteiger partial charge on any atom is -0.310 e. The van der Waals surface area contributed by atoms with E-state index in [0.29, 0.717) is 0 Å². The predicted octanol–water partition coefficient (Wildman–Crippen LogP) is 26.3. The van der Waals surface area contributed by atoms with Gasteiger partial charge in [-0.1, -0.05) is 341 Å². The van der Waals surface area contributed by atoms with Crippen LogP contribution in [0.1, 0.15) is 156 Å². The van der Waals surface area contributed by atoms with Gasteiger partial charge in [0.05, 0.1) is 28.1 Å². The van der Waals surface area contributed by atoms with Crippen LogP contribution in [0.4, 0.5) is 34.1 Å². The third-order valence-electron chi connectivity index (χ3n) is 22.4. The highest BCUT2D eigenvalue weighted by atomic mass is 15.2. The molecule has 0 spiro atoms. The summed E-state index contributed by atoms with van der Waals surface area (Å²) in [5.74, 6) is 0.537. The Labute approximate surface area is 618 Å². The highest BCUT2D eigenvalue weighted by molar-refractivity contribution is 7.00. The summed E-state index contributed by atoms with van der Waals surface area (Å²) in [4.78, 5) is 5.46. The lowest BCUT2D eigenvalue weighted by atomic mass is 9.33. The number of fused-ring (bicyclic) bond motifs is 7. The van der Waals surface area contributed by atoms with Gasteiger partial charge in [-0.15, -0.1) is 0 Å². The Morgan fingerprint density at radius 1 is 0.269 bits per heavy atom. The van der Waals surface area contributed by atoms with Crippen LogP contribution in [0, 0.1) is 0 Å². The molecule has 4 heteroatoms. The molecule has 2 aliphatic heterocycles. The zero-order valence-corrected chi connectivity index (χ0v) is 63.6. The van der Waals surface area contributed by atoms with E-state index >= 15 is 0 Å². The van der Waals surface area contributed by atoms with E-state index in [2.05, 4.69) is 404 Å². The summed E-state index contributed by atoms with van der Waals surface area (Å²) in [5, 5.41) is 2.50. The van der Waals surface area contributed by atoms with E-state index in [1.165, 1.54) is 93.8 Å². The van der Waals surface area contributed by atoms with E-state index in [4.69, 9.17) is 0 Å². The van der Waals surface area contributed by atoms with Crippen LogP contribution in [0.3, 0.4) is 0 Å². The maximum atomic E-state index is 2.73. The maximum Gasteiger partial charge on any atom is 0.252 e. The third-order valence-corrected chi connectivity index (χ3v) is 22.4. The molecule has 0 N–H and O–H groups in total. The number of aromatic nitrogens is 1. The van der Waals surface area contributed by atoms with Crippen molar-refractivity contribution in [1.82, 2.24) is 4.57 Å². The number of para-hydroxylation sites is 2. The first kappa shape index (κ1) is 67.8. The van der Waals surface area contributed by atoms with Crippen LogP contribution < -0.4 is 26.2 Å². The quantitative estimate of drug-likeness (QED) is 0.120. The second-order valence-electron chi connectivity index (χ2n) is 34.1. The summed E-state index contributed by atoms with van der Waals surface area (Å²) in [6.07, 6.45) is 0. The second kappa shape index (κ2) is 25.6. The van der Waals surface area contributed by atoms with Gasteiger partial charge in [-0.3, -0.25) is 0 Å². The minimum absolute atomic E-state index is 0.0269. The van der Waals surface area contributed by atoms with Gasteiger partial charge < -0.3 is 14.4 Å². The first-order valence-corrected chi connectivity index (χ1v) is 37.7. The molecule has 0 radical (unpaired) electrons. The lowest BCUT2D eigenvalue weighted by molar-refractivity contribution is 0.588. The summed E-state index contributed by atoms with van der Waals surface area (Å²) in [7, 11) is 0. The Bertz CT molecular complexity index is 5190. The first-order chi connectivity index (χ1) is 49.8. The molecular formula is C100H96BN3. The summed E-state index contributed by atoms with van der Waals surface area (Å²) < 4.78 is 2.61. The van der Waals surface area contributed by atoms with Gasteiger partial charge in [0.15, 0.2) is 0 Å². The number of nitrogens with zero attached hydrogens (tertiary/aromatic N) is 3. The maximum absolute atomic E-state index is 2.73. The van der Waals surface area contributed by atoms with Crippen LogP contribution in [0.2, 0.25) is 0 Å². The van der Waals surface area contributed by atoms with Gasteiger partial charge in [0.2, 0.25) is 0 Å². The van der Waals surface area contributed by atoms with Gasteiger partial charge in [0, 0.05) is 55.8 Å². The molecule has 0 aliphatic carbocycles. The average molecular weight is 1350 g/mol. The Kier molecular flexibility index (Phi) is 16.7. The molecule has 0 amide bonds. The van der Waals surface area contributed by atoms with Crippen LogP contribution in [-0.2, 0) is 21.7 Å². The van der Waals surface area contributed by atoms with E-state index in [9.17, 15) is 0 Å². The van der Waals surface area contributed by atoms with Crippen molar-refractivity contribution in [3.05, 3.63) is 312 Å². The Balaban J connectivity index is 1.13. The number of anilines is 6. The lowest BCUT2D eigenvalue weighted by Crippen LogP contribution is -2.61. The monoisotopic (exact) mass is 1350 g/mol. The number of hydrogen-bond donors (Lipinski definition) is 0. The van der Waals surface area contributed by atoms with Crippen molar-refractivity contribution in [2.24, 2.45) is 0 Å². The normalized spacial score (nSPS) is 13.1. The largest absolute Gasteiger partial charge is 0.310 e. The van der Waals surface area contributed by atoms with E-state index in [1.807, 2.05) is 0 Å². The topological polar surface area (TPSA) is 11.4 Å². The van der Waals surface area contributed by atoms with Gasteiger partial charge in [0.25, 0.3) is 6.71 Å². The smallest absolute Gasteiger partial charge is 0.252 e. The molecule has 3 nitrogen and oxygen atoms in total. The molecule has 0 bridgehead atoms. The first-order valence-electron chi connectivity index (χ1n) is 37.7. The molecule has 514 valence electrons. The SMILES string of the molecule is CC(C)c1cc(C(C)(C)C)ccc1-c1ccc2c(c1)N(c1c(-c3ccccc3)cccc1-c1ccccc1)c1cc(-n3c4ccc(C(C)(C)C)cc4c4cc(C(C)(C)C)ccc43)cc3c1B2c1ccc(-c2ccc(C(C)(C)C)cc2C(C)C)cc1N3c1c(-c2ccccc2)cccc1-c1ccccc1. The summed E-state index contributed by atoms with van der Waals surface area (Å²) in [6, 6.07) is 108. The Hall–Kier alpha value is -10.7. The minimum atomic E-state index is -0.231. The number of hydrogen-bond acceptors (Lipinski definition) is 2. The zero-order chi connectivity index (χ0) is 72.5. The van der Waals surface area contributed by atoms with Crippen molar-refractivity contribution >= 4 is 79.0 Å². The zero-order valence-electron chi connectivity index (χ0n) is 63.6. The summed E-state index contributed by atoms with van der Waals surface area (Å²) in [5.41, 5.74) is 35.9. The number of benzene rings is 13. The van der Waals surface area contributed by atoms with Crippen molar-refractivity contribution in [2.75, 3.05) is 9.80 Å². The van der Waals surface area contributed by atoms with Crippen LogP contribution >= 0.6 is 0 Å². The van der Waals surface area contributed by atoms with E-state index in [1.54, 1.807) is 0 Å². The van der Waals surface area contributed by atoms with Crippen LogP contribution in [-0.4, -0.2) is 11.3 Å². The second-order valence-corrected chi connectivity index (χ2v) is 34.1. The summed E-state index contributed by atoms with van der Waals surface area (Å²) >= 11 is 0. The molecule has 0 saturated heterocycles. The molecule has 2 aliphatic rings. The van der Waals surface area contributed by atoms with Crippen molar-refractivity contribution in [3.8, 4) is 72.4 Å². The van der Waals surface area contributed by atoms with Crippen LogP contribution in [0.5, 0.6) is 0 Å². The molecule has 104 heavy (non-hydrogen) atoms. The molecular weight excluding hydrogens is 1250 g/mol. The average Bonchev–Trinajstić information content (AvgIpc) is 0.832. The summed E-state index contributed by atoms with van der Waals surface area (Å²) in [6.45, 7) is 37.3. The standard InChI is InChI=1S/C100H96BN3/c1-63(2)82-57-71(97(5,6)7)45-49-76(82)69-43-51-86-90(55-69)103(95-78(65-31-21-17-22-32-65)39-29-40-79(95)66-33-23-18-24-34-66)92-61-75(102-88-53-47-73(99(11,12)13)59-84(88)85-60-74(100(14,15)16)48-54-89(85)102)62-93-94(92)101(86)87-52-44-70(77-50-46-72(98(8,9)10)58-83(77)64(3)4)56-91(87)104(93)96-80(67-35-25-19-26-36-67)41-30-42-81(96)68-37-27-20-28-38-68/h17-64H,1-16H3. The van der Waals surface area contributed by atoms with Crippen LogP contribution in [0.15, 0.2) is 279 Å². The van der Waals surface area contributed by atoms with Crippen molar-refractivity contribution in [2.45, 2.75) is 144 Å². The molecule has 3 heterocycles. The van der Waals surface area contributed by atoms with Gasteiger partial charge >= 0.3 is 0 Å². The van der Waals surface area contributed by atoms with Crippen molar-refractivity contribution < 1.29 is 0 Å². The molecule has 0 unspecified atom stereocenters. The Morgan fingerprint density at radius 2 is 0.587 bits per heavy atom. The van der Waals surface area contributed by atoms with E-state index in [0.717, 1.165) is 84.3 Å². The highest BCUT2D eigenvalue weighted by Gasteiger charge is 2.46. The fraction of sp³-hybridized carbons (Fsp3) is 0.220. The molecule has 0 atom stereocenters. The molecule has 0 saturated carbocycles. The fourth-order valence-electron chi connectivity index (χ4n) is 16.7. The fourth-order valence-corrected chi connectivity index (χ4v) is 16.7. The molecule has 16 rings (SSSR count). The van der Waals surface area contributed by atoms with E-state index in [-0.39, 0.29) is 40.2 Å². The lowest BCUT2D eigenvalue weighted by Gasteiger charge is -2.46. The molecule has 14 aromatic rings.